The van der Waals surface area contributed by atoms with Crippen molar-refractivity contribution in [3.63, 3.8) is 0 Å². The van der Waals surface area contributed by atoms with E-state index in [9.17, 15) is 13.2 Å². The Morgan fingerprint density at radius 3 is 2.64 bits per heavy atom. The predicted molar refractivity (Wildman–Crippen MR) is 126 cm³/mol. The zero-order valence-corrected chi connectivity index (χ0v) is 19.7. The summed E-state index contributed by atoms with van der Waals surface area (Å²) in [6.45, 7) is 5.54. The summed E-state index contributed by atoms with van der Waals surface area (Å²) in [4.78, 5) is 21.4. The zero-order valence-electron chi connectivity index (χ0n) is 18.9. The molecule has 3 aromatic rings. The van der Waals surface area contributed by atoms with E-state index in [1.807, 2.05) is 36.7 Å². The Hall–Kier alpha value is -3.04. The van der Waals surface area contributed by atoms with E-state index in [0.29, 0.717) is 38.4 Å². The van der Waals surface area contributed by atoms with E-state index >= 15 is 0 Å². The molecule has 4 rings (SSSR count). The first-order valence-electron chi connectivity index (χ1n) is 11.2. The third-order valence-corrected chi connectivity index (χ3v) is 7.79. The van der Waals surface area contributed by atoms with Gasteiger partial charge in [0, 0.05) is 61.9 Å². The lowest BCUT2D eigenvalue weighted by Gasteiger charge is -2.30. The fourth-order valence-electron chi connectivity index (χ4n) is 4.15. The molecule has 1 N–H and O–H groups in total. The molecule has 0 atom stereocenters. The molecule has 0 aliphatic carbocycles. The number of nitrogens with zero attached hydrogens (tertiary/aromatic N) is 4. The minimum atomic E-state index is -3.58. The topological polar surface area (TPSA) is 97.2 Å². The summed E-state index contributed by atoms with van der Waals surface area (Å²) < 4.78 is 29.1. The average Bonchev–Trinajstić information content (AvgIpc) is 3.28. The molecule has 9 heteroatoms. The molecule has 33 heavy (non-hydrogen) atoms. The first-order chi connectivity index (χ1) is 15.8. The Morgan fingerprint density at radius 1 is 1.15 bits per heavy atom. The molecular weight excluding hydrogens is 438 g/mol. The van der Waals surface area contributed by atoms with Crippen LogP contribution in [0.1, 0.15) is 44.0 Å². The van der Waals surface area contributed by atoms with Crippen LogP contribution >= 0.6 is 0 Å². The van der Waals surface area contributed by atoms with Gasteiger partial charge in [-0.25, -0.2) is 13.4 Å². The molecule has 174 valence electrons. The number of rotatable bonds is 7. The van der Waals surface area contributed by atoms with E-state index in [4.69, 9.17) is 0 Å². The Kier molecular flexibility index (Phi) is 6.90. The third kappa shape index (κ3) is 5.31. The van der Waals surface area contributed by atoms with Gasteiger partial charge in [-0.1, -0.05) is 26.0 Å². The average molecular weight is 468 g/mol. The minimum absolute atomic E-state index is 0.0731. The highest BCUT2D eigenvalue weighted by molar-refractivity contribution is 7.89. The molecule has 0 radical (unpaired) electrons. The lowest BCUT2D eigenvalue weighted by atomic mass is 9.97. The van der Waals surface area contributed by atoms with E-state index in [1.165, 1.54) is 10.5 Å². The molecule has 1 aromatic carbocycles. The zero-order chi connectivity index (χ0) is 23.4. The summed E-state index contributed by atoms with van der Waals surface area (Å²) in [5.41, 5.74) is 1.82. The van der Waals surface area contributed by atoms with Gasteiger partial charge < -0.3 is 9.88 Å². The molecule has 1 amide bonds. The molecule has 1 aliphatic heterocycles. The number of amides is 1. The van der Waals surface area contributed by atoms with Gasteiger partial charge in [0.05, 0.1) is 0 Å². The normalized spacial score (nSPS) is 15.6. The molecule has 0 saturated carbocycles. The smallest absolute Gasteiger partial charge is 0.244 e. The van der Waals surface area contributed by atoms with Gasteiger partial charge in [-0.05, 0) is 42.7 Å². The highest BCUT2D eigenvalue weighted by Gasteiger charge is 2.32. The van der Waals surface area contributed by atoms with E-state index in [0.717, 1.165) is 17.1 Å². The number of piperidine rings is 1. The van der Waals surface area contributed by atoms with Gasteiger partial charge >= 0.3 is 0 Å². The van der Waals surface area contributed by atoms with Crippen LogP contribution in [0.15, 0.2) is 66.1 Å². The number of carbonyl (C=O) groups excluding carboxylic acids is 1. The summed E-state index contributed by atoms with van der Waals surface area (Å²) in [6, 6.07) is 11.0. The Labute approximate surface area is 194 Å². The largest absolute Gasteiger partial charge is 0.330 e. The van der Waals surface area contributed by atoms with Crippen molar-refractivity contribution >= 4 is 21.6 Å². The Morgan fingerprint density at radius 2 is 1.94 bits per heavy atom. The Balaban J connectivity index is 1.36. The van der Waals surface area contributed by atoms with Crippen LogP contribution in [0.4, 0.5) is 5.69 Å². The lowest BCUT2D eigenvalue weighted by Crippen LogP contribution is -2.41. The van der Waals surface area contributed by atoms with Crippen molar-refractivity contribution in [1.29, 1.82) is 0 Å². The van der Waals surface area contributed by atoms with Gasteiger partial charge in [0.15, 0.2) is 0 Å². The van der Waals surface area contributed by atoms with Gasteiger partial charge in [0.25, 0.3) is 0 Å². The van der Waals surface area contributed by atoms with Crippen molar-refractivity contribution < 1.29 is 13.2 Å². The summed E-state index contributed by atoms with van der Waals surface area (Å²) in [5.74, 6) is 1.06. The quantitative estimate of drug-likeness (QED) is 0.574. The highest BCUT2D eigenvalue weighted by Crippen LogP contribution is 2.25. The second-order valence-corrected chi connectivity index (χ2v) is 10.6. The van der Waals surface area contributed by atoms with Gasteiger partial charge in [-0.2, -0.15) is 4.31 Å². The van der Waals surface area contributed by atoms with Crippen LogP contribution in [0.3, 0.4) is 0 Å². The van der Waals surface area contributed by atoms with Gasteiger partial charge in [-0.15, -0.1) is 0 Å². The van der Waals surface area contributed by atoms with Crippen LogP contribution in [0.25, 0.3) is 0 Å². The second kappa shape index (κ2) is 9.84. The number of anilines is 1. The van der Waals surface area contributed by atoms with E-state index in [1.54, 1.807) is 18.3 Å². The van der Waals surface area contributed by atoms with E-state index in [2.05, 4.69) is 33.7 Å². The molecule has 1 fully saturated rings. The Bertz CT molecular complexity index is 1200. The monoisotopic (exact) mass is 467 g/mol. The predicted octanol–water partition coefficient (Wildman–Crippen LogP) is 3.49. The summed E-state index contributed by atoms with van der Waals surface area (Å²) in [7, 11) is -3.58. The van der Waals surface area contributed by atoms with Crippen LogP contribution in [0, 0.1) is 5.92 Å². The number of hydrogen-bond donors (Lipinski definition) is 1. The number of hydrogen-bond acceptors (Lipinski definition) is 5. The van der Waals surface area contributed by atoms with Crippen molar-refractivity contribution in [2.45, 2.75) is 44.0 Å². The van der Waals surface area contributed by atoms with E-state index in [-0.39, 0.29) is 16.7 Å². The fourth-order valence-corrected chi connectivity index (χ4v) is 5.58. The maximum absolute atomic E-state index is 12.9. The van der Waals surface area contributed by atoms with Crippen LogP contribution in [0.5, 0.6) is 0 Å². The number of aromatic nitrogens is 3. The third-order valence-electron chi connectivity index (χ3n) is 5.91. The molecule has 2 aromatic heterocycles. The van der Waals surface area contributed by atoms with Crippen molar-refractivity contribution in [1.82, 2.24) is 18.8 Å². The van der Waals surface area contributed by atoms with Crippen molar-refractivity contribution in [3.05, 3.63) is 72.6 Å². The van der Waals surface area contributed by atoms with Crippen molar-refractivity contribution in [3.8, 4) is 0 Å². The molecule has 8 nitrogen and oxygen atoms in total. The first-order valence-corrected chi connectivity index (χ1v) is 12.6. The number of sulfonamides is 1. The SMILES string of the molecule is CC(C)c1nccn1Cc1cccc(NC(=O)C2CCN(S(=O)(=O)c3cccnc3)CC2)c1. The minimum Gasteiger partial charge on any atom is -0.330 e. The summed E-state index contributed by atoms with van der Waals surface area (Å²) in [6.07, 6.45) is 7.64. The number of imidazole rings is 1. The molecular formula is C24H29N5O3S. The number of pyridine rings is 1. The molecule has 0 unspecified atom stereocenters. The number of benzene rings is 1. The second-order valence-electron chi connectivity index (χ2n) is 8.62. The molecule has 0 spiro atoms. The van der Waals surface area contributed by atoms with Crippen LogP contribution in [-0.4, -0.2) is 46.3 Å². The summed E-state index contributed by atoms with van der Waals surface area (Å²) in [5, 5.41) is 3.01. The van der Waals surface area contributed by atoms with Crippen molar-refractivity contribution in [2.24, 2.45) is 5.92 Å². The van der Waals surface area contributed by atoms with E-state index < -0.39 is 10.0 Å². The maximum atomic E-state index is 12.9. The van der Waals surface area contributed by atoms with Crippen LogP contribution < -0.4 is 5.32 Å². The van der Waals surface area contributed by atoms with Crippen LogP contribution in [0.2, 0.25) is 0 Å². The standard InChI is InChI=1S/C24H29N5O3S/c1-18(2)23-26-11-14-28(23)17-19-5-3-6-21(15-19)27-24(30)20-8-12-29(13-9-20)33(31,32)22-7-4-10-25-16-22/h3-7,10-11,14-16,18,20H,8-9,12-13,17H2,1-2H3,(H,27,30). The van der Waals surface area contributed by atoms with Gasteiger partial charge in [-0.3, -0.25) is 9.78 Å². The molecule has 3 heterocycles. The molecule has 1 saturated heterocycles. The van der Waals surface area contributed by atoms with Crippen molar-refractivity contribution in [2.75, 3.05) is 18.4 Å². The van der Waals surface area contributed by atoms with Gasteiger partial charge in [0.2, 0.25) is 15.9 Å². The molecule has 1 aliphatic rings. The number of nitrogens with one attached hydrogen (secondary N) is 1. The number of carbonyl (C=O) groups is 1. The summed E-state index contributed by atoms with van der Waals surface area (Å²) >= 11 is 0. The van der Waals surface area contributed by atoms with Crippen LogP contribution in [-0.2, 0) is 21.4 Å². The first kappa shape index (κ1) is 23.1. The maximum Gasteiger partial charge on any atom is 0.244 e. The highest BCUT2D eigenvalue weighted by atomic mass is 32.2. The lowest BCUT2D eigenvalue weighted by molar-refractivity contribution is -0.120. The fraction of sp³-hybridized carbons (Fsp3) is 0.375. The molecule has 0 bridgehead atoms. The van der Waals surface area contributed by atoms with Gasteiger partial charge in [0.1, 0.15) is 10.7 Å².